The van der Waals surface area contributed by atoms with Crippen molar-refractivity contribution in [2.45, 2.75) is 13.0 Å². The number of methoxy groups -OCH3 is 1. The highest BCUT2D eigenvalue weighted by molar-refractivity contribution is 7.17. The molecule has 0 aliphatic heterocycles. The van der Waals surface area contributed by atoms with E-state index in [-0.39, 0.29) is 34.7 Å². The zero-order valence-corrected chi connectivity index (χ0v) is 20.4. The van der Waals surface area contributed by atoms with E-state index >= 15 is 0 Å². The van der Waals surface area contributed by atoms with Gasteiger partial charge in [-0.05, 0) is 29.8 Å². The molecule has 0 radical (unpaired) electrons. The summed E-state index contributed by atoms with van der Waals surface area (Å²) >= 11 is 7.13. The lowest BCUT2D eigenvalue weighted by atomic mass is 10.00. The summed E-state index contributed by atoms with van der Waals surface area (Å²) in [6.45, 7) is -0.326. The fourth-order valence-corrected chi connectivity index (χ4v) is 4.28. The largest absolute Gasteiger partial charge is 0.494 e. The number of hydrogen-bond acceptors (Lipinski definition) is 9. The molecule has 4 rings (SSSR count). The Morgan fingerprint density at radius 2 is 1.89 bits per heavy atom. The molecule has 1 amide bonds. The molecule has 0 saturated carbocycles. The minimum atomic E-state index is -0.516. The van der Waals surface area contributed by atoms with E-state index in [1.807, 2.05) is 6.07 Å². The molecule has 0 spiro atoms. The fraction of sp³-hybridized carbons (Fsp3) is 0.120. The van der Waals surface area contributed by atoms with Gasteiger partial charge in [0, 0.05) is 23.7 Å². The average Bonchev–Trinajstić information content (AvgIpc) is 3.37. The van der Waals surface area contributed by atoms with Crippen LogP contribution in [-0.4, -0.2) is 38.9 Å². The summed E-state index contributed by atoms with van der Waals surface area (Å²) in [4.78, 5) is 38.5. The van der Waals surface area contributed by atoms with Crippen LogP contribution in [0.1, 0.15) is 36.9 Å². The Hall–Kier alpha value is -4.17. The lowest BCUT2D eigenvalue weighted by Gasteiger charge is -2.13. The molecule has 0 bridgehead atoms. The maximum Gasteiger partial charge on any atom is 0.259 e. The fourth-order valence-electron chi connectivity index (χ4n) is 3.37. The standard InChI is InChI=1S/C25H18ClN5O4S/c1-35-21-11-29-23(26)8-18(21)17-7-16(13-32)28-10-19(17)24(34)31-25-30-12-22(36-25)20(33)6-14-2-4-15(9-27)5-3-14/h2-5,7-8,10-12,32H,6,13H2,1H3,(H,30,31,34). The van der Waals surface area contributed by atoms with Crippen LogP contribution in [0.4, 0.5) is 5.13 Å². The Balaban J connectivity index is 1.57. The van der Waals surface area contributed by atoms with Gasteiger partial charge in [-0.25, -0.2) is 9.97 Å². The molecule has 0 atom stereocenters. The summed E-state index contributed by atoms with van der Waals surface area (Å²) in [5, 5.41) is 21.6. The Bertz CT molecular complexity index is 1480. The summed E-state index contributed by atoms with van der Waals surface area (Å²) in [5.74, 6) is -0.297. The maximum atomic E-state index is 13.2. The van der Waals surface area contributed by atoms with E-state index in [1.54, 1.807) is 36.4 Å². The summed E-state index contributed by atoms with van der Waals surface area (Å²) in [6, 6.07) is 11.9. The van der Waals surface area contributed by atoms with Crippen LogP contribution in [-0.2, 0) is 13.0 Å². The number of nitrogens with zero attached hydrogens (tertiary/aromatic N) is 4. The Kier molecular flexibility index (Phi) is 7.65. The van der Waals surface area contributed by atoms with Crippen LogP contribution in [0.5, 0.6) is 5.75 Å². The third-order valence-electron chi connectivity index (χ3n) is 5.16. The predicted molar refractivity (Wildman–Crippen MR) is 134 cm³/mol. The number of rotatable bonds is 8. The number of ether oxygens (including phenoxy) is 1. The number of Topliss-reactive ketones (excluding diaryl/α,β-unsaturated/α-hetero) is 1. The van der Waals surface area contributed by atoms with E-state index in [1.165, 1.54) is 25.7 Å². The second-order valence-electron chi connectivity index (χ2n) is 7.48. The number of aromatic nitrogens is 3. The molecule has 3 aromatic heterocycles. The molecule has 0 aliphatic rings. The molecule has 0 fully saturated rings. The van der Waals surface area contributed by atoms with Crippen LogP contribution in [0.25, 0.3) is 11.1 Å². The summed E-state index contributed by atoms with van der Waals surface area (Å²) in [6.07, 6.45) is 4.33. The lowest BCUT2D eigenvalue weighted by Crippen LogP contribution is -2.14. The molecule has 0 aliphatic carbocycles. The van der Waals surface area contributed by atoms with Gasteiger partial charge in [0.25, 0.3) is 5.91 Å². The number of pyridine rings is 2. The van der Waals surface area contributed by atoms with Gasteiger partial charge in [0.15, 0.2) is 10.9 Å². The highest BCUT2D eigenvalue weighted by Gasteiger charge is 2.20. The van der Waals surface area contributed by atoms with E-state index in [0.717, 1.165) is 16.9 Å². The third-order valence-corrected chi connectivity index (χ3v) is 6.32. The molecule has 9 nitrogen and oxygen atoms in total. The number of halogens is 1. The second-order valence-corrected chi connectivity index (χ2v) is 8.90. The van der Waals surface area contributed by atoms with Crippen molar-refractivity contribution < 1.29 is 19.4 Å². The number of hydrogen-bond donors (Lipinski definition) is 2. The molecule has 4 aromatic rings. The van der Waals surface area contributed by atoms with Crippen molar-refractivity contribution in [3.63, 3.8) is 0 Å². The van der Waals surface area contributed by atoms with Gasteiger partial charge in [-0.1, -0.05) is 35.1 Å². The highest BCUT2D eigenvalue weighted by atomic mass is 35.5. The topological polar surface area (TPSA) is 138 Å². The van der Waals surface area contributed by atoms with Gasteiger partial charge in [-0.2, -0.15) is 5.26 Å². The minimum absolute atomic E-state index is 0.139. The van der Waals surface area contributed by atoms with E-state index in [0.29, 0.717) is 33.0 Å². The molecule has 180 valence electrons. The second kappa shape index (κ2) is 11.0. The Morgan fingerprint density at radius 1 is 1.11 bits per heavy atom. The van der Waals surface area contributed by atoms with Gasteiger partial charge >= 0.3 is 0 Å². The van der Waals surface area contributed by atoms with Crippen molar-refractivity contribution in [2.75, 3.05) is 12.4 Å². The number of anilines is 1. The van der Waals surface area contributed by atoms with Crippen molar-refractivity contribution in [3.8, 4) is 22.9 Å². The SMILES string of the molecule is COc1cnc(Cl)cc1-c1cc(CO)ncc1C(=O)Nc1ncc(C(=O)Cc2ccc(C#N)cc2)s1. The lowest BCUT2D eigenvalue weighted by molar-refractivity contribution is 0.0994. The van der Waals surface area contributed by atoms with Crippen molar-refractivity contribution in [1.82, 2.24) is 15.0 Å². The first-order chi connectivity index (χ1) is 17.4. The van der Waals surface area contributed by atoms with E-state index in [9.17, 15) is 14.7 Å². The third kappa shape index (κ3) is 5.55. The van der Waals surface area contributed by atoms with Crippen molar-refractivity contribution in [3.05, 3.63) is 87.4 Å². The number of benzene rings is 1. The first-order valence-electron chi connectivity index (χ1n) is 10.5. The Labute approximate surface area is 215 Å². The monoisotopic (exact) mass is 519 g/mol. The van der Waals surface area contributed by atoms with Crippen LogP contribution in [0.3, 0.4) is 0 Å². The Morgan fingerprint density at radius 3 is 2.58 bits per heavy atom. The summed E-state index contributed by atoms with van der Waals surface area (Å²) < 4.78 is 5.37. The number of nitrogens with one attached hydrogen (secondary N) is 1. The molecular weight excluding hydrogens is 502 g/mol. The molecule has 1 aromatic carbocycles. The van der Waals surface area contributed by atoms with Gasteiger partial charge in [-0.15, -0.1) is 0 Å². The molecule has 11 heteroatoms. The average molecular weight is 520 g/mol. The molecule has 0 saturated heterocycles. The predicted octanol–water partition coefficient (Wildman–Crippen LogP) is 4.30. The zero-order valence-electron chi connectivity index (χ0n) is 18.9. The van der Waals surface area contributed by atoms with E-state index in [2.05, 4.69) is 20.3 Å². The molecule has 3 heterocycles. The maximum absolute atomic E-state index is 13.2. The van der Waals surface area contributed by atoms with Gasteiger partial charge in [0.05, 0.1) is 53.9 Å². The van der Waals surface area contributed by atoms with Crippen molar-refractivity contribution >= 4 is 39.8 Å². The number of carbonyl (C=O) groups excluding carboxylic acids is 2. The molecule has 2 N–H and O–H groups in total. The quantitative estimate of drug-likeness (QED) is 0.259. The zero-order chi connectivity index (χ0) is 25.7. The number of nitriles is 1. The normalized spacial score (nSPS) is 10.5. The summed E-state index contributed by atoms with van der Waals surface area (Å²) in [7, 11) is 1.47. The van der Waals surface area contributed by atoms with Crippen molar-refractivity contribution in [2.24, 2.45) is 0 Å². The first-order valence-corrected chi connectivity index (χ1v) is 11.7. The van der Waals surface area contributed by atoms with Crippen LogP contribution < -0.4 is 10.1 Å². The first kappa shape index (κ1) is 24.9. The van der Waals surface area contributed by atoms with Crippen molar-refractivity contribution in [1.29, 1.82) is 5.26 Å². The smallest absolute Gasteiger partial charge is 0.259 e. The molecular formula is C25H18ClN5O4S. The van der Waals surface area contributed by atoms with E-state index < -0.39 is 5.91 Å². The summed E-state index contributed by atoms with van der Waals surface area (Å²) in [5.41, 5.74) is 2.75. The number of carbonyl (C=O) groups is 2. The number of thiazole rings is 1. The van der Waals surface area contributed by atoms with Crippen LogP contribution in [0.15, 0.2) is 55.0 Å². The van der Waals surface area contributed by atoms with Crippen LogP contribution in [0, 0.1) is 11.3 Å². The van der Waals surface area contributed by atoms with Gasteiger partial charge in [0.2, 0.25) is 0 Å². The minimum Gasteiger partial charge on any atom is -0.494 e. The van der Waals surface area contributed by atoms with Gasteiger partial charge < -0.3 is 9.84 Å². The number of ketones is 1. The number of aliphatic hydroxyl groups excluding tert-OH is 1. The van der Waals surface area contributed by atoms with Gasteiger partial charge in [0.1, 0.15) is 10.9 Å². The van der Waals surface area contributed by atoms with Crippen LogP contribution >= 0.6 is 22.9 Å². The molecule has 36 heavy (non-hydrogen) atoms. The van der Waals surface area contributed by atoms with Gasteiger partial charge in [-0.3, -0.25) is 19.9 Å². The highest BCUT2D eigenvalue weighted by Crippen LogP contribution is 2.34. The number of amides is 1. The number of aliphatic hydroxyl groups is 1. The van der Waals surface area contributed by atoms with Crippen LogP contribution in [0.2, 0.25) is 5.15 Å². The molecule has 0 unspecified atom stereocenters. The van der Waals surface area contributed by atoms with E-state index in [4.69, 9.17) is 21.6 Å².